The Morgan fingerprint density at radius 2 is 1.00 bits per heavy atom. The molecule has 0 spiro atoms. The minimum Gasteiger partial charge on any atom is 0 e. The molecule has 0 saturated carbocycles. The molecule has 0 fully saturated rings. The second-order valence-corrected chi connectivity index (χ2v) is 0. The van der Waals surface area contributed by atoms with Crippen LogP contribution >= 0.6 is 9.90 Å². The quantitative estimate of drug-likeness (QED) is 0.423. The Hall–Kier alpha value is 1.69. The molecule has 0 saturated heterocycles. The fraction of sp³-hybridized carbons (Fsp3) is 0. The van der Waals surface area contributed by atoms with Crippen LogP contribution < -0.4 is 0 Å². The van der Waals surface area contributed by atoms with Gasteiger partial charge in [-0.05, 0) is 0 Å². The number of rotatable bonds is 0. The predicted molar refractivity (Wildman–Crippen MR) is 16.9 cm³/mol. The second kappa shape index (κ2) is 22.4. The van der Waals surface area contributed by atoms with E-state index in [9.17, 15) is 0 Å². The van der Waals surface area contributed by atoms with Gasteiger partial charge >= 0.3 is 0 Å². The maximum Gasteiger partial charge on any atom is 0.0814 e. The van der Waals surface area contributed by atoms with Gasteiger partial charge in [0.15, 0.2) is 0 Å². The van der Waals surface area contributed by atoms with E-state index in [2.05, 4.69) is 0 Å². The van der Waals surface area contributed by atoms with Gasteiger partial charge in [0.25, 0.3) is 0 Å². The summed E-state index contributed by atoms with van der Waals surface area (Å²) < 4.78 is 0. The monoisotopic (exact) mass is 288 g/mol. The van der Waals surface area contributed by atoms with Gasteiger partial charge in [0.1, 0.15) is 0 Å². The van der Waals surface area contributed by atoms with Crippen LogP contribution in [0.25, 0.3) is 0 Å². The van der Waals surface area contributed by atoms with Gasteiger partial charge in [-0.1, -0.05) is 0 Å². The average Bonchev–Trinajstić information content (AvgIpc) is 0. The molecule has 0 N–H and O–H groups in total. The van der Waals surface area contributed by atoms with E-state index >= 15 is 0 Å². The first kappa shape index (κ1) is 43.8. The second-order valence-electron chi connectivity index (χ2n) is 0. The molecule has 0 unspecified atom stereocenters. The van der Waals surface area contributed by atoms with E-state index in [-0.39, 0.29) is 56.2 Å². The summed E-state index contributed by atoms with van der Waals surface area (Å²) in [5.74, 6) is 0. The summed E-state index contributed by atoms with van der Waals surface area (Å²) in [6.45, 7) is 0. The fourth-order valence-electron chi connectivity index (χ4n) is 0. The third-order valence-corrected chi connectivity index (χ3v) is 0. The van der Waals surface area contributed by atoms with Crippen molar-refractivity contribution in [3.05, 3.63) is 0 Å². The van der Waals surface area contributed by atoms with Gasteiger partial charge in [-0.2, -0.15) is 0 Å². The Morgan fingerprint density at radius 1 is 1.00 bits per heavy atom. The molecule has 4 heavy (non-hydrogen) atoms. The van der Waals surface area contributed by atoms with E-state index in [1.165, 1.54) is 0 Å². The Kier molecular flexibility index (Phi) is 245. The molecule has 0 bridgehead atoms. The molecule has 0 aliphatic carbocycles. The Balaban J connectivity index is 0. The van der Waals surface area contributed by atoms with E-state index in [4.69, 9.17) is 0 Å². The predicted octanol–water partition coefficient (Wildman–Crippen LogP) is -0.328. The third kappa shape index (κ3) is 9.35. The SMILES string of the molecule is B.[Co].[P].[W]. The Bertz CT molecular complexity index is 8.00. The molecule has 4 radical (unpaired) electrons. The molecule has 0 aromatic heterocycles. The number of hydrogen-bond acceptors (Lipinski definition) is 0. The summed E-state index contributed by atoms with van der Waals surface area (Å²) >= 11 is 0. The minimum atomic E-state index is 0. The minimum absolute atomic E-state index is 0. The van der Waals surface area contributed by atoms with Gasteiger partial charge in [-0.15, -0.1) is 0 Å². The summed E-state index contributed by atoms with van der Waals surface area (Å²) in [5, 5.41) is 0. The van der Waals surface area contributed by atoms with Crippen molar-refractivity contribution in [2.24, 2.45) is 0 Å². The Morgan fingerprint density at radius 3 is 1.00 bits per heavy atom. The summed E-state index contributed by atoms with van der Waals surface area (Å²) in [6.07, 6.45) is 0. The van der Waals surface area contributed by atoms with Crippen LogP contribution in [0.5, 0.6) is 0 Å². The van der Waals surface area contributed by atoms with Crippen molar-refractivity contribution >= 4 is 18.3 Å². The van der Waals surface area contributed by atoms with Crippen LogP contribution in [0.3, 0.4) is 0 Å². The van der Waals surface area contributed by atoms with Gasteiger partial charge in [-0.25, -0.2) is 0 Å². The first-order valence-electron chi connectivity index (χ1n) is 0. The molecule has 26 valence electrons. The van der Waals surface area contributed by atoms with Crippen LogP contribution in [0.2, 0.25) is 0 Å². The molecule has 0 aliphatic rings. The van der Waals surface area contributed by atoms with Crippen LogP contribution in [-0.2, 0) is 37.8 Å². The van der Waals surface area contributed by atoms with Gasteiger partial charge in [0.2, 0.25) is 0 Å². The smallest absolute Gasteiger partial charge is 0 e. The summed E-state index contributed by atoms with van der Waals surface area (Å²) in [6, 6.07) is 0. The van der Waals surface area contributed by atoms with E-state index in [1.54, 1.807) is 0 Å². The molecule has 0 rings (SSSR count). The van der Waals surface area contributed by atoms with Gasteiger partial charge < -0.3 is 0 Å². The van der Waals surface area contributed by atoms with Crippen molar-refractivity contribution in [1.82, 2.24) is 0 Å². The Labute approximate surface area is 56.1 Å². The van der Waals surface area contributed by atoms with Gasteiger partial charge in [-0.3, -0.25) is 0 Å². The van der Waals surface area contributed by atoms with Crippen LogP contribution in [-0.4, -0.2) is 8.41 Å². The van der Waals surface area contributed by atoms with Gasteiger partial charge in [0, 0.05) is 47.7 Å². The summed E-state index contributed by atoms with van der Waals surface area (Å²) in [7, 11) is 0. The molecular formula is H3BCoPW. The van der Waals surface area contributed by atoms with E-state index in [0.29, 0.717) is 0 Å². The topological polar surface area (TPSA) is 0 Å². The summed E-state index contributed by atoms with van der Waals surface area (Å²) in [4.78, 5) is 0. The van der Waals surface area contributed by atoms with Crippen molar-refractivity contribution in [2.45, 2.75) is 0 Å². The molecule has 0 heterocycles. The maximum atomic E-state index is 0. The van der Waals surface area contributed by atoms with Crippen molar-refractivity contribution in [1.29, 1.82) is 0 Å². The van der Waals surface area contributed by atoms with Crippen molar-refractivity contribution in [2.75, 3.05) is 0 Å². The van der Waals surface area contributed by atoms with Crippen LogP contribution in [0.4, 0.5) is 0 Å². The fourth-order valence-corrected chi connectivity index (χ4v) is 0. The molecule has 0 aromatic carbocycles. The molecule has 0 aromatic rings. The zero-order valence-electron chi connectivity index (χ0n) is 1.19. The van der Waals surface area contributed by atoms with E-state index in [1.807, 2.05) is 0 Å². The first-order valence-corrected chi connectivity index (χ1v) is 0. The molecule has 0 amide bonds. The molecule has 0 atom stereocenters. The zero-order chi connectivity index (χ0) is 0. The van der Waals surface area contributed by atoms with Crippen molar-refractivity contribution in [3.63, 3.8) is 0 Å². The molecular weight excluding hydrogens is 285 g/mol. The first-order chi connectivity index (χ1) is 0. The van der Waals surface area contributed by atoms with Crippen LogP contribution in [0.1, 0.15) is 0 Å². The molecule has 0 aliphatic heterocycles. The van der Waals surface area contributed by atoms with Crippen molar-refractivity contribution in [3.8, 4) is 0 Å². The van der Waals surface area contributed by atoms with E-state index < -0.39 is 0 Å². The average molecular weight is 288 g/mol. The standard InChI is InChI=1S/BH3.Co.P.W/h1H3;;;. The summed E-state index contributed by atoms with van der Waals surface area (Å²) in [5.41, 5.74) is 0. The van der Waals surface area contributed by atoms with Crippen LogP contribution in [0, 0.1) is 0 Å². The number of hydrogen-bond donors (Lipinski definition) is 0. The zero-order valence-corrected chi connectivity index (χ0v) is 6.06. The molecule has 4 heteroatoms. The third-order valence-electron chi connectivity index (χ3n) is 0. The van der Waals surface area contributed by atoms with E-state index in [0.717, 1.165) is 0 Å². The largest absolute Gasteiger partial charge is 0.0814 e. The van der Waals surface area contributed by atoms with Crippen molar-refractivity contribution < 1.29 is 37.8 Å². The van der Waals surface area contributed by atoms with Crippen LogP contribution in [0.15, 0.2) is 0 Å². The maximum absolute atomic E-state index is 0. The van der Waals surface area contributed by atoms with Gasteiger partial charge in [0.05, 0.1) is 8.41 Å². The molecule has 0 nitrogen and oxygen atoms in total. The normalized spacial score (nSPS) is 0.